The van der Waals surface area contributed by atoms with Crippen LogP contribution in [0.3, 0.4) is 0 Å². The molecule has 1 aromatic rings. The Morgan fingerprint density at radius 1 is 1.35 bits per heavy atom. The van der Waals surface area contributed by atoms with E-state index in [-0.39, 0.29) is 5.91 Å². The molecule has 1 aliphatic carbocycles. The topological polar surface area (TPSA) is 64.3 Å². The van der Waals surface area contributed by atoms with Crippen molar-refractivity contribution in [3.63, 3.8) is 0 Å². The monoisotopic (exact) mass is 296 g/mol. The lowest BCUT2D eigenvalue weighted by Gasteiger charge is -2.21. The third-order valence-electron chi connectivity index (χ3n) is 3.83. The van der Waals surface area contributed by atoms with Gasteiger partial charge in [0, 0.05) is 5.02 Å². The molecule has 0 heterocycles. The molecule has 1 aliphatic rings. The first-order valence-corrected chi connectivity index (χ1v) is 7.52. The van der Waals surface area contributed by atoms with Gasteiger partial charge in [-0.3, -0.25) is 10.2 Å². The lowest BCUT2D eigenvalue weighted by atomic mass is 9.87. The second kappa shape index (κ2) is 7.50. The summed E-state index contributed by atoms with van der Waals surface area (Å²) in [7, 11) is 0. The summed E-state index contributed by atoms with van der Waals surface area (Å²) >= 11 is 5.90. The van der Waals surface area contributed by atoms with Crippen LogP contribution in [0.1, 0.15) is 48.9 Å². The Balaban J connectivity index is 1.92. The molecule has 110 valence electrons. The zero-order chi connectivity index (χ0) is 14.4. The van der Waals surface area contributed by atoms with Crippen LogP contribution in [0, 0.1) is 5.92 Å². The number of halogens is 1. The molecule has 0 radical (unpaired) electrons. The number of hydrogen-bond acceptors (Lipinski definition) is 3. The van der Waals surface area contributed by atoms with Crippen LogP contribution in [0.4, 0.5) is 0 Å². The first kappa shape index (κ1) is 15.1. The van der Waals surface area contributed by atoms with Crippen molar-refractivity contribution in [3.05, 3.63) is 28.8 Å². The first-order valence-electron chi connectivity index (χ1n) is 7.14. The fraction of sp³-hybridized carbons (Fsp3) is 0.533. The van der Waals surface area contributed by atoms with E-state index < -0.39 is 0 Å². The van der Waals surface area contributed by atoms with Gasteiger partial charge in [0.05, 0.1) is 12.2 Å². The fourth-order valence-corrected chi connectivity index (χ4v) is 2.87. The van der Waals surface area contributed by atoms with E-state index in [0.717, 1.165) is 12.3 Å². The van der Waals surface area contributed by atoms with E-state index in [2.05, 4.69) is 5.43 Å². The normalized spacial score (nSPS) is 15.9. The maximum Gasteiger partial charge on any atom is 0.268 e. The predicted molar refractivity (Wildman–Crippen MR) is 79.8 cm³/mol. The number of carbonyl (C=O) groups is 1. The van der Waals surface area contributed by atoms with Crippen molar-refractivity contribution in [2.24, 2.45) is 11.8 Å². The Morgan fingerprint density at radius 2 is 2.10 bits per heavy atom. The molecule has 3 N–H and O–H groups in total. The summed E-state index contributed by atoms with van der Waals surface area (Å²) in [6.45, 7) is 0.622. The zero-order valence-electron chi connectivity index (χ0n) is 11.5. The lowest BCUT2D eigenvalue weighted by molar-refractivity contribution is 0.0949. The molecule has 0 atom stereocenters. The number of benzene rings is 1. The Morgan fingerprint density at radius 3 is 2.80 bits per heavy atom. The van der Waals surface area contributed by atoms with Crippen molar-refractivity contribution in [2.45, 2.75) is 38.5 Å². The molecule has 1 amide bonds. The first-order chi connectivity index (χ1) is 9.70. The minimum Gasteiger partial charge on any atom is -0.493 e. The Hall–Kier alpha value is -1.26. The molecule has 5 heteroatoms. The number of ether oxygens (including phenoxy) is 1. The number of nitrogen functional groups attached to an aromatic ring is 1. The average molecular weight is 297 g/mol. The van der Waals surface area contributed by atoms with Gasteiger partial charge in [-0.1, -0.05) is 43.7 Å². The van der Waals surface area contributed by atoms with Crippen molar-refractivity contribution >= 4 is 17.5 Å². The molecule has 0 aromatic heterocycles. The molecule has 0 unspecified atom stereocenters. The predicted octanol–water partition coefficient (Wildman–Crippen LogP) is 3.29. The van der Waals surface area contributed by atoms with Crippen molar-refractivity contribution < 1.29 is 9.53 Å². The SMILES string of the molecule is NNC(=O)c1cc(Cl)ccc1OCCC1CCCCC1. The zero-order valence-corrected chi connectivity index (χ0v) is 12.3. The van der Waals surface area contributed by atoms with Gasteiger partial charge in [0.25, 0.3) is 5.91 Å². The van der Waals surface area contributed by atoms with Crippen LogP contribution >= 0.6 is 11.6 Å². The number of nitrogens with two attached hydrogens (primary N) is 1. The summed E-state index contributed by atoms with van der Waals surface area (Å²) in [5, 5.41) is 0.489. The lowest BCUT2D eigenvalue weighted by Crippen LogP contribution is -2.30. The molecule has 0 spiro atoms. The van der Waals surface area contributed by atoms with E-state index in [1.165, 1.54) is 32.1 Å². The van der Waals surface area contributed by atoms with E-state index in [4.69, 9.17) is 22.2 Å². The molecule has 1 saturated carbocycles. The Kier molecular flexibility index (Phi) is 5.68. The molecular weight excluding hydrogens is 276 g/mol. The minimum atomic E-state index is -0.389. The van der Waals surface area contributed by atoms with E-state index in [0.29, 0.717) is 22.9 Å². The highest BCUT2D eigenvalue weighted by Gasteiger charge is 2.15. The van der Waals surface area contributed by atoms with Crippen molar-refractivity contribution in [1.82, 2.24) is 5.43 Å². The molecule has 1 fully saturated rings. The molecule has 0 bridgehead atoms. The van der Waals surface area contributed by atoms with Crippen molar-refractivity contribution in [3.8, 4) is 5.75 Å². The van der Waals surface area contributed by atoms with Gasteiger partial charge < -0.3 is 4.74 Å². The molecule has 4 nitrogen and oxygen atoms in total. The number of hydrazine groups is 1. The van der Waals surface area contributed by atoms with Crippen LogP contribution in [0.2, 0.25) is 5.02 Å². The van der Waals surface area contributed by atoms with Crippen molar-refractivity contribution in [1.29, 1.82) is 0 Å². The molecule has 0 saturated heterocycles. The summed E-state index contributed by atoms with van der Waals surface area (Å²) in [6.07, 6.45) is 7.63. The van der Waals surface area contributed by atoms with E-state index in [9.17, 15) is 4.79 Å². The Bertz CT molecular complexity index is 459. The fourth-order valence-electron chi connectivity index (χ4n) is 2.69. The van der Waals surface area contributed by atoms with Gasteiger partial charge in [0.1, 0.15) is 5.75 Å². The smallest absolute Gasteiger partial charge is 0.268 e. The maximum atomic E-state index is 11.7. The highest BCUT2D eigenvalue weighted by Crippen LogP contribution is 2.27. The van der Waals surface area contributed by atoms with E-state index in [1.54, 1.807) is 18.2 Å². The van der Waals surface area contributed by atoms with Crippen LogP contribution in [0.25, 0.3) is 0 Å². The molecule has 0 aliphatic heterocycles. The van der Waals surface area contributed by atoms with Gasteiger partial charge in [-0.05, 0) is 30.5 Å². The van der Waals surface area contributed by atoms with Gasteiger partial charge >= 0.3 is 0 Å². The largest absolute Gasteiger partial charge is 0.493 e. The summed E-state index contributed by atoms with van der Waals surface area (Å²) < 4.78 is 5.74. The standard InChI is InChI=1S/C15H21ClN2O2/c16-12-6-7-14(13(10-12)15(19)18-17)20-9-8-11-4-2-1-3-5-11/h6-7,10-11H,1-5,8-9,17H2,(H,18,19). The quantitative estimate of drug-likeness (QED) is 0.498. The summed E-state index contributed by atoms with van der Waals surface area (Å²) in [5.74, 6) is 6.07. The highest BCUT2D eigenvalue weighted by atomic mass is 35.5. The average Bonchev–Trinajstić information content (AvgIpc) is 2.49. The summed E-state index contributed by atoms with van der Waals surface area (Å²) in [6, 6.07) is 5.00. The van der Waals surface area contributed by atoms with Crippen molar-refractivity contribution in [2.75, 3.05) is 6.61 Å². The molecule has 2 rings (SSSR count). The molecular formula is C15H21ClN2O2. The third-order valence-corrected chi connectivity index (χ3v) is 4.06. The maximum absolute atomic E-state index is 11.7. The highest BCUT2D eigenvalue weighted by molar-refractivity contribution is 6.31. The van der Waals surface area contributed by atoms with Gasteiger partial charge in [0.2, 0.25) is 0 Å². The number of rotatable bonds is 5. The van der Waals surface area contributed by atoms with Gasteiger partial charge in [-0.25, -0.2) is 5.84 Å². The molecule has 20 heavy (non-hydrogen) atoms. The Labute approximate surface area is 124 Å². The van der Waals surface area contributed by atoms with Crippen LogP contribution in [0.15, 0.2) is 18.2 Å². The summed E-state index contributed by atoms with van der Waals surface area (Å²) in [4.78, 5) is 11.7. The van der Waals surface area contributed by atoms with Gasteiger partial charge in [-0.2, -0.15) is 0 Å². The number of nitrogens with one attached hydrogen (secondary N) is 1. The van der Waals surface area contributed by atoms with Crippen LogP contribution in [-0.4, -0.2) is 12.5 Å². The number of hydrogen-bond donors (Lipinski definition) is 2. The molecule has 1 aromatic carbocycles. The third kappa shape index (κ3) is 4.12. The second-order valence-electron chi connectivity index (χ2n) is 5.26. The van der Waals surface area contributed by atoms with Gasteiger partial charge in [-0.15, -0.1) is 0 Å². The van der Waals surface area contributed by atoms with Crippen LogP contribution in [0.5, 0.6) is 5.75 Å². The van der Waals surface area contributed by atoms with Gasteiger partial charge in [0.15, 0.2) is 0 Å². The summed E-state index contributed by atoms with van der Waals surface area (Å²) in [5.41, 5.74) is 2.49. The minimum absolute atomic E-state index is 0.378. The second-order valence-corrected chi connectivity index (χ2v) is 5.69. The number of carbonyl (C=O) groups excluding carboxylic acids is 1. The van der Waals surface area contributed by atoms with E-state index >= 15 is 0 Å². The van der Waals surface area contributed by atoms with Crippen LogP contribution in [-0.2, 0) is 0 Å². The van der Waals surface area contributed by atoms with Crippen LogP contribution < -0.4 is 16.0 Å². The van der Waals surface area contributed by atoms with E-state index in [1.807, 2.05) is 0 Å². The number of amides is 1.